The second-order valence-corrected chi connectivity index (χ2v) is 6.38. The predicted molar refractivity (Wildman–Crippen MR) is 104 cm³/mol. The molecule has 0 unspecified atom stereocenters. The molecule has 0 aliphatic heterocycles. The minimum Gasteiger partial charge on any atom is -0.450 e. The van der Waals surface area contributed by atoms with Crippen LogP contribution >= 0.6 is 0 Å². The number of amides is 1. The molecule has 0 saturated heterocycles. The van der Waals surface area contributed by atoms with Crippen LogP contribution < -0.4 is 16.0 Å². The number of anilines is 3. The first-order chi connectivity index (χ1) is 12.0. The molecule has 25 heavy (non-hydrogen) atoms. The lowest BCUT2D eigenvalue weighted by molar-refractivity contribution is 0.168. The molecule has 0 atom stereocenters. The van der Waals surface area contributed by atoms with Gasteiger partial charge in [0.05, 0.1) is 18.0 Å². The van der Waals surface area contributed by atoms with Crippen molar-refractivity contribution >= 4 is 23.2 Å². The van der Waals surface area contributed by atoms with E-state index in [0.717, 1.165) is 18.7 Å². The molecule has 0 saturated carbocycles. The zero-order chi connectivity index (χ0) is 18.2. The van der Waals surface area contributed by atoms with Crippen molar-refractivity contribution < 1.29 is 9.53 Å². The van der Waals surface area contributed by atoms with Gasteiger partial charge in [-0.1, -0.05) is 38.1 Å². The van der Waals surface area contributed by atoms with Gasteiger partial charge in [0.2, 0.25) is 0 Å². The highest BCUT2D eigenvalue weighted by atomic mass is 16.5. The third-order valence-corrected chi connectivity index (χ3v) is 3.71. The molecule has 134 valence electrons. The number of nitrogens with one attached hydrogen (secondary N) is 1. The molecule has 0 aliphatic rings. The van der Waals surface area contributed by atoms with Crippen molar-refractivity contribution in [2.24, 2.45) is 5.92 Å². The van der Waals surface area contributed by atoms with Gasteiger partial charge in [-0.2, -0.15) is 0 Å². The lowest BCUT2D eigenvalue weighted by Gasteiger charge is -2.27. The molecule has 0 fully saturated rings. The molecule has 0 aliphatic carbocycles. The lowest BCUT2D eigenvalue weighted by Crippen LogP contribution is -2.27. The van der Waals surface area contributed by atoms with Gasteiger partial charge in [0, 0.05) is 18.8 Å². The average Bonchev–Trinajstić information content (AvgIpc) is 2.57. The Balaban J connectivity index is 2.14. The maximum atomic E-state index is 11.5. The quantitative estimate of drug-likeness (QED) is 0.728. The van der Waals surface area contributed by atoms with Crippen molar-refractivity contribution in [1.82, 2.24) is 0 Å². The summed E-state index contributed by atoms with van der Waals surface area (Å²) in [7, 11) is 0. The highest BCUT2D eigenvalue weighted by Gasteiger charge is 2.11. The van der Waals surface area contributed by atoms with Gasteiger partial charge in [-0.05, 0) is 42.7 Å². The van der Waals surface area contributed by atoms with Crippen LogP contribution in [0.3, 0.4) is 0 Å². The predicted octanol–water partition coefficient (Wildman–Crippen LogP) is 4.50. The minimum atomic E-state index is -0.493. The molecule has 1 amide bonds. The largest absolute Gasteiger partial charge is 0.450 e. The van der Waals surface area contributed by atoms with Crippen LogP contribution in [0.4, 0.5) is 21.9 Å². The molecular weight excluding hydrogens is 314 g/mol. The van der Waals surface area contributed by atoms with E-state index in [1.54, 1.807) is 6.92 Å². The number of hydrogen-bond acceptors (Lipinski definition) is 4. The number of nitrogens with two attached hydrogens (primary N) is 1. The van der Waals surface area contributed by atoms with Crippen LogP contribution in [0.1, 0.15) is 26.3 Å². The van der Waals surface area contributed by atoms with E-state index in [1.165, 1.54) is 5.69 Å². The van der Waals surface area contributed by atoms with Gasteiger partial charge in [-0.3, -0.25) is 5.32 Å². The molecular formula is C20H27N3O2. The van der Waals surface area contributed by atoms with E-state index in [-0.39, 0.29) is 0 Å². The Labute approximate surface area is 149 Å². The van der Waals surface area contributed by atoms with E-state index in [4.69, 9.17) is 10.5 Å². The van der Waals surface area contributed by atoms with Gasteiger partial charge in [0.15, 0.2) is 0 Å². The van der Waals surface area contributed by atoms with Gasteiger partial charge < -0.3 is 15.4 Å². The maximum absolute atomic E-state index is 11.5. The summed E-state index contributed by atoms with van der Waals surface area (Å²) in [6, 6.07) is 16.0. The number of rotatable bonds is 7. The summed E-state index contributed by atoms with van der Waals surface area (Å²) in [6.07, 6.45) is -0.493. The van der Waals surface area contributed by atoms with Crippen molar-refractivity contribution in [2.75, 3.05) is 29.1 Å². The van der Waals surface area contributed by atoms with Crippen LogP contribution in [0.2, 0.25) is 0 Å². The van der Waals surface area contributed by atoms with Gasteiger partial charge in [-0.25, -0.2) is 4.79 Å². The summed E-state index contributed by atoms with van der Waals surface area (Å²) in [4.78, 5) is 13.9. The second kappa shape index (κ2) is 8.97. The van der Waals surface area contributed by atoms with Crippen molar-refractivity contribution in [3.63, 3.8) is 0 Å². The van der Waals surface area contributed by atoms with Crippen LogP contribution in [0.15, 0.2) is 48.5 Å². The number of carbonyl (C=O) groups excluding carboxylic acids is 1. The van der Waals surface area contributed by atoms with E-state index < -0.39 is 6.09 Å². The first kappa shape index (κ1) is 18.6. The molecule has 0 aromatic heterocycles. The molecule has 0 heterocycles. The first-order valence-corrected chi connectivity index (χ1v) is 8.61. The van der Waals surface area contributed by atoms with E-state index in [0.29, 0.717) is 23.9 Å². The Hall–Kier alpha value is -2.69. The summed E-state index contributed by atoms with van der Waals surface area (Å²) in [6.45, 7) is 8.20. The van der Waals surface area contributed by atoms with Crippen molar-refractivity contribution in [3.05, 3.63) is 54.1 Å². The van der Waals surface area contributed by atoms with E-state index >= 15 is 0 Å². The number of ether oxygens (including phenoxy) is 1. The van der Waals surface area contributed by atoms with Gasteiger partial charge in [0.1, 0.15) is 0 Å². The fourth-order valence-electron chi connectivity index (χ4n) is 2.66. The Morgan fingerprint density at radius 2 is 1.92 bits per heavy atom. The number of nitrogen functional groups attached to an aromatic ring is 1. The van der Waals surface area contributed by atoms with E-state index in [2.05, 4.69) is 36.2 Å². The fourth-order valence-corrected chi connectivity index (χ4v) is 2.66. The number of benzene rings is 2. The molecule has 2 aromatic carbocycles. The summed E-state index contributed by atoms with van der Waals surface area (Å²) in [5, 5.41) is 2.66. The molecule has 2 aromatic rings. The Morgan fingerprint density at radius 3 is 2.52 bits per heavy atom. The van der Waals surface area contributed by atoms with Crippen LogP contribution in [0.25, 0.3) is 0 Å². The van der Waals surface area contributed by atoms with Crippen LogP contribution in [-0.4, -0.2) is 19.2 Å². The summed E-state index contributed by atoms with van der Waals surface area (Å²) in [5.74, 6) is 0.544. The highest BCUT2D eigenvalue weighted by Crippen LogP contribution is 2.23. The molecule has 0 spiro atoms. The SMILES string of the molecule is CCOC(=O)Nc1ccc(CN(CC(C)C)c2ccccc2)cc1N. The summed E-state index contributed by atoms with van der Waals surface area (Å²) in [5.41, 5.74) is 9.47. The zero-order valence-electron chi connectivity index (χ0n) is 15.2. The Bertz CT molecular complexity index is 687. The van der Waals surface area contributed by atoms with Crippen LogP contribution in [-0.2, 0) is 11.3 Å². The molecule has 2 rings (SSSR count). The molecule has 0 radical (unpaired) electrons. The van der Waals surface area contributed by atoms with Crippen molar-refractivity contribution in [2.45, 2.75) is 27.3 Å². The molecule has 5 nitrogen and oxygen atoms in total. The molecule has 0 bridgehead atoms. The first-order valence-electron chi connectivity index (χ1n) is 8.61. The highest BCUT2D eigenvalue weighted by molar-refractivity contribution is 5.89. The Kier molecular flexibility index (Phi) is 6.69. The average molecular weight is 341 g/mol. The standard InChI is InChI=1S/C20H27N3O2/c1-4-25-20(24)22-19-11-10-16(12-18(19)21)14-23(13-15(2)3)17-8-6-5-7-9-17/h5-12,15H,4,13-14,21H2,1-3H3,(H,22,24). The monoisotopic (exact) mass is 341 g/mol. The second-order valence-electron chi connectivity index (χ2n) is 6.38. The topological polar surface area (TPSA) is 67.6 Å². The van der Waals surface area contributed by atoms with Crippen LogP contribution in [0, 0.1) is 5.92 Å². The zero-order valence-corrected chi connectivity index (χ0v) is 15.2. The maximum Gasteiger partial charge on any atom is 0.411 e. The van der Waals surface area contributed by atoms with Crippen LogP contribution in [0.5, 0.6) is 0 Å². The van der Waals surface area contributed by atoms with Crippen molar-refractivity contribution in [3.8, 4) is 0 Å². The van der Waals surface area contributed by atoms with Gasteiger partial charge >= 0.3 is 6.09 Å². The third kappa shape index (κ3) is 5.71. The number of nitrogens with zero attached hydrogens (tertiary/aromatic N) is 1. The van der Waals surface area contributed by atoms with Gasteiger partial charge in [0.25, 0.3) is 0 Å². The Morgan fingerprint density at radius 1 is 1.20 bits per heavy atom. The number of para-hydroxylation sites is 1. The normalized spacial score (nSPS) is 10.6. The van der Waals surface area contributed by atoms with E-state index in [9.17, 15) is 4.79 Å². The van der Waals surface area contributed by atoms with Crippen molar-refractivity contribution in [1.29, 1.82) is 0 Å². The smallest absolute Gasteiger partial charge is 0.411 e. The number of hydrogen-bond donors (Lipinski definition) is 2. The summed E-state index contributed by atoms with van der Waals surface area (Å²) >= 11 is 0. The van der Waals surface area contributed by atoms with Gasteiger partial charge in [-0.15, -0.1) is 0 Å². The molecule has 3 N–H and O–H groups in total. The summed E-state index contributed by atoms with van der Waals surface area (Å²) < 4.78 is 4.88. The lowest BCUT2D eigenvalue weighted by atomic mass is 10.1. The fraction of sp³-hybridized carbons (Fsp3) is 0.350. The third-order valence-electron chi connectivity index (χ3n) is 3.71. The minimum absolute atomic E-state index is 0.324. The van der Waals surface area contributed by atoms with E-state index in [1.807, 2.05) is 36.4 Å². The molecule has 5 heteroatoms. The number of carbonyl (C=O) groups is 1.